The molecule has 0 aliphatic carbocycles. The monoisotopic (exact) mass is 363 g/mol. The Kier molecular flexibility index (Phi) is 5.96. The van der Waals surface area contributed by atoms with Gasteiger partial charge in [0.2, 0.25) is 0 Å². The first-order valence-corrected chi connectivity index (χ1v) is 8.92. The van der Waals surface area contributed by atoms with Crippen LogP contribution in [0.2, 0.25) is 0 Å². The number of para-hydroxylation sites is 1. The maximum atomic E-state index is 12.1. The van der Waals surface area contributed by atoms with Crippen LogP contribution in [0.1, 0.15) is 15.2 Å². The van der Waals surface area contributed by atoms with Crippen molar-refractivity contribution in [2.24, 2.45) is 0 Å². The van der Waals surface area contributed by atoms with Gasteiger partial charge in [0.25, 0.3) is 5.91 Å². The number of rotatable bonds is 7. The minimum absolute atomic E-state index is 0.0771. The summed E-state index contributed by atoms with van der Waals surface area (Å²) < 4.78 is 5.45. The first kappa shape index (κ1) is 17.6. The average Bonchev–Trinajstić information content (AvgIpc) is 3.19. The molecule has 0 unspecified atom stereocenters. The molecule has 130 valence electrons. The molecule has 0 spiro atoms. The standard InChI is InChI=1S/C21H17NO3S/c23-20(13-12-19-7-4-14-26-19)16-8-10-18(11-9-16)25-15-21(24)22-17-5-2-1-3-6-17/h1-14H,15H2,(H,22,24). The Labute approximate surface area is 155 Å². The van der Waals surface area contributed by atoms with Gasteiger partial charge in [0.1, 0.15) is 5.75 Å². The topological polar surface area (TPSA) is 55.4 Å². The lowest BCUT2D eigenvalue weighted by Crippen LogP contribution is -2.20. The second kappa shape index (κ2) is 8.78. The molecule has 1 heterocycles. The molecular formula is C21H17NO3S. The summed E-state index contributed by atoms with van der Waals surface area (Å²) in [4.78, 5) is 25.0. The predicted octanol–water partition coefficient (Wildman–Crippen LogP) is 4.66. The van der Waals surface area contributed by atoms with Crippen molar-refractivity contribution in [3.8, 4) is 5.75 Å². The second-order valence-corrected chi connectivity index (χ2v) is 6.42. The van der Waals surface area contributed by atoms with Crippen molar-refractivity contribution >= 4 is 34.8 Å². The molecule has 4 nitrogen and oxygen atoms in total. The highest BCUT2D eigenvalue weighted by Crippen LogP contribution is 2.15. The minimum Gasteiger partial charge on any atom is -0.484 e. The van der Waals surface area contributed by atoms with Gasteiger partial charge >= 0.3 is 0 Å². The fraction of sp³-hybridized carbons (Fsp3) is 0.0476. The molecule has 0 saturated heterocycles. The summed E-state index contributed by atoms with van der Waals surface area (Å²) in [5.74, 6) is 0.217. The summed E-state index contributed by atoms with van der Waals surface area (Å²) in [6, 6.07) is 19.8. The number of amides is 1. The number of thiophene rings is 1. The van der Waals surface area contributed by atoms with E-state index in [0.717, 1.165) is 10.6 Å². The summed E-state index contributed by atoms with van der Waals surface area (Å²) in [7, 11) is 0. The Bertz CT molecular complexity index is 885. The van der Waals surface area contributed by atoms with Crippen LogP contribution in [0.25, 0.3) is 6.08 Å². The highest BCUT2D eigenvalue weighted by atomic mass is 32.1. The third kappa shape index (κ3) is 5.16. The highest BCUT2D eigenvalue weighted by Gasteiger charge is 2.05. The molecule has 26 heavy (non-hydrogen) atoms. The third-order valence-electron chi connectivity index (χ3n) is 3.51. The molecule has 1 N–H and O–H groups in total. The Hall–Kier alpha value is -3.18. The Morgan fingerprint density at radius 3 is 2.42 bits per heavy atom. The molecule has 0 fully saturated rings. The van der Waals surface area contributed by atoms with E-state index in [1.165, 1.54) is 0 Å². The number of allylic oxidation sites excluding steroid dienone is 1. The zero-order valence-corrected chi connectivity index (χ0v) is 14.7. The van der Waals surface area contributed by atoms with E-state index in [2.05, 4.69) is 5.32 Å². The molecular weight excluding hydrogens is 346 g/mol. The lowest BCUT2D eigenvalue weighted by molar-refractivity contribution is -0.118. The molecule has 3 rings (SSSR count). The largest absolute Gasteiger partial charge is 0.484 e. The van der Waals surface area contributed by atoms with Gasteiger partial charge in [-0.1, -0.05) is 24.3 Å². The van der Waals surface area contributed by atoms with Crippen LogP contribution in [-0.4, -0.2) is 18.3 Å². The van der Waals surface area contributed by atoms with Crippen molar-refractivity contribution in [1.29, 1.82) is 0 Å². The van der Waals surface area contributed by atoms with Gasteiger partial charge in [-0.2, -0.15) is 0 Å². The normalized spacial score (nSPS) is 10.6. The van der Waals surface area contributed by atoms with E-state index in [0.29, 0.717) is 11.3 Å². The van der Waals surface area contributed by atoms with Gasteiger partial charge in [-0.3, -0.25) is 9.59 Å². The fourth-order valence-corrected chi connectivity index (χ4v) is 2.84. The number of anilines is 1. The van der Waals surface area contributed by atoms with Crippen molar-refractivity contribution < 1.29 is 14.3 Å². The van der Waals surface area contributed by atoms with Gasteiger partial charge in [-0.05, 0) is 60.0 Å². The number of nitrogens with one attached hydrogen (secondary N) is 1. The van der Waals surface area contributed by atoms with E-state index in [4.69, 9.17) is 4.74 Å². The molecule has 0 atom stereocenters. The van der Waals surface area contributed by atoms with Gasteiger partial charge in [-0.25, -0.2) is 0 Å². The van der Waals surface area contributed by atoms with Crippen molar-refractivity contribution in [3.05, 3.63) is 88.6 Å². The van der Waals surface area contributed by atoms with Crippen molar-refractivity contribution in [2.75, 3.05) is 11.9 Å². The highest BCUT2D eigenvalue weighted by molar-refractivity contribution is 7.10. The average molecular weight is 363 g/mol. The maximum absolute atomic E-state index is 12.1. The first-order chi connectivity index (χ1) is 12.7. The van der Waals surface area contributed by atoms with Crippen LogP contribution >= 0.6 is 11.3 Å². The van der Waals surface area contributed by atoms with Gasteiger partial charge in [0.05, 0.1) is 0 Å². The second-order valence-electron chi connectivity index (χ2n) is 5.44. The third-order valence-corrected chi connectivity index (χ3v) is 4.35. The number of benzene rings is 2. The van der Waals surface area contributed by atoms with Gasteiger partial charge in [0.15, 0.2) is 12.4 Å². The van der Waals surface area contributed by atoms with Crippen LogP contribution < -0.4 is 10.1 Å². The Balaban J connectivity index is 1.51. The molecule has 3 aromatic rings. The lowest BCUT2D eigenvalue weighted by Gasteiger charge is -2.07. The number of carbonyl (C=O) groups is 2. The summed E-state index contributed by atoms with van der Waals surface area (Å²) in [5.41, 5.74) is 1.29. The minimum atomic E-state index is -0.241. The molecule has 1 amide bonds. The van der Waals surface area contributed by atoms with Crippen LogP contribution in [0.15, 0.2) is 78.2 Å². The quantitative estimate of drug-likeness (QED) is 0.490. The lowest BCUT2D eigenvalue weighted by atomic mass is 10.1. The maximum Gasteiger partial charge on any atom is 0.262 e. The number of ether oxygens (including phenoxy) is 1. The van der Waals surface area contributed by atoms with Crippen molar-refractivity contribution in [3.63, 3.8) is 0 Å². The number of hydrogen-bond donors (Lipinski definition) is 1. The first-order valence-electron chi connectivity index (χ1n) is 8.04. The molecule has 1 aromatic heterocycles. The van der Waals surface area contributed by atoms with E-state index >= 15 is 0 Å². The SMILES string of the molecule is O=C(COc1ccc(C(=O)C=Cc2cccs2)cc1)Nc1ccccc1. The van der Waals surface area contributed by atoms with E-state index in [-0.39, 0.29) is 18.3 Å². The number of hydrogen-bond acceptors (Lipinski definition) is 4. The Morgan fingerprint density at radius 1 is 0.962 bits per heavy atom. The van der Waals surface area contributed by atoms with E-state index in [1.54, 1.807) is 47.8 Å². The molecule has 0 saturated carbocycles. The smallest absolute Gasteiger partial charge is 0.262 e. The van der Waals surface area contributed by atoms with Crippen LogP contribution in [-0.2, 0) is 4.79 Å². The number of carbonyl (C=O) groups excluding carboxylic acids is 2. The summed E-state index contributed by atoms with van der Waals surface area (Å²) >= 11 is 1.58. The molecule has 0 aliphatic rings. The molecule has 5 heteroatoms. The molecule has 0 radical (unpaired) electrons. The van der Waals surface area contributed by atoms with Gasteiger partial charge < -0.3 is 10.1 Å². The zero-order valence-electron chi connectivity index (χ0n) is 13.9. The van der Waals surface area contributed by atoms with Crippen LogP contribution in [0.4, 0.5) is 5.69 Å². The van der Waals surface area contributed by atoms with E-state index < -0.39 is 0 Å². The molecule has 0 bridgehead atoms. The van der Waals surface area contributed by atoms with E-state index in [1.807, 2.05) is 47.8 Å². The van der Waals surface area contributed by atoms with Crippen LogP contribution in [0.3, 0.4) is 0 Å². The summed E-state index contributed by atoms with van der Waals surface area (Å²) in [6.07, 6.45) is 3.35. The van der Waals surface area contributed by atoms with Gasteiger partial charge in [-0.15, -0.1) is 11.3 Å². The molecule has 0 aliphatic heterocycles. The number of ketones is 1. The predicted molar refractivity (Wildman–Crippen MR) is 105 cm³/mol. The molecule has 2 aromatic carbocycles. The summed E-state index contributed by atoms with van der Waals surface area (Å²) in [6.45, 7) is -0.0968. The van der Waals surface area contributed by atoms with Gasteiger partial charge in [0, 0.05) is 16.1 Å². The fourth-order valence-electron chi connectivity index (χ4n) is 2.22. The van der Waals surface area contributed by atoms with Crippen molar-refractivity contribution in [2.45, 2.75) is 0 Å². The zero-order chi connectivity index (χ0) is 18.2. The van der Waals surface area contributed by atoms with Crippen LogP contribution in [0.5, 0.6) is 5.75 Å². The van der Waals surface area contributed by atoms with Crippen LogP contribution in [0, 0.1) is 0 Å². The van der Waals surface area contributed by atoms with Crippen molar-refractivity contribution in [1.82, 2.24) is 0 Å². The Morgan fingerprint density at radius 2 is 1.73 bits per heavy atom. The van der Waals surface area contributed by atoms with E-state index in [9.17, 15) is 9.59 Å². The summed E-state index contributed by atoms with van der Waals surface area (Å²) in [5, 5.41) is 4.71.